The van der Waals surface area contributed by atoms with Crippen molar-refractivity contribution in [1.29, 1.82) is 0 Å². The molecule has 1 atom stereocenters. The second kappa shape index (κ2) is 4.65. The van der Waals surface area contributed by atoms with Crippen LogP contribution in [0.4, 0.5) is 10.6 Å². The summed E-state index contributed by atoms with van der Waals surface area (Å²) < 4.78 is 0. The molecule has 2 amide bonds. The molecule has 19 heavy (non-hydrogen) atoms. The Morgan fingerprint density at radius 2 is 2.37 bits per heavy atom. The van der Waals surface area contributed by atoms with Crippen molar-refractivity contribution in [2.24, 2.45) is 5.73 Å². The summed E-state index contributed by atoms with van der Waals surface area (Å²) in [7, 11) is 0. The summed E-state index contributed by atoms with van der Waals surface area (Å²) in [5.74, 6) is 0.814. The number of carbonyl (C=O) groups is 1. The fraction of sp³-hybridized carbons (Fsp3) is 0.417. The molecule has 0 saturated carbocycles. The highest BCUT2D eigenvalue weighted by Gasteiger charge is 2.36. The Kier molecular flexibility index (Phi) is 2.98. The van der Waals surface area contributed by atoms with Gasteiger partial charge in [-0.25, -0.2) is 9.78 Å². The number of fused-ring (bicyclic) bond motifs is 1. The van der Waals surface area contributed by atoms with E-state index in [-0.39, 0.29) is 12.1 Å². The average molecular weight is 277 g/mol. The van der Waals surface area contributed by atoms with E-state index in [2.05, 4.69) is 15.2 Å². The first kappa shape index (κ1) is 12.2. The highest BCUT2D eigenvalue weighted by Crippen LogP contribution is 2.22. The smallest absolute Gasteiger partial charge is 0.317 e. The number of nitrogens with zero attached hydrogens (tertiary/aromatic N) is 3. The predicted octanol–water partition coefficient (Wildman–Crippen LogP) is -0.0704. The van der Waals surface area contributed by atoms with Crippen molar-refractivity contribution in [2.75, 3.05) is 31.1 Å². The molecule has 7 heteroatoms. The van der Waals surface area contributed by atoms with Crippen molar-refractivity contribution in [3.05, 3.63) is 23.9 Å². The fourth-order valence-electron chi connectivity index (χ4n) is 2.64. The summed E-state index contributed by atoms with van der Waals surface area (Å²) >= 11 is 5.07. The van der Waals surface area contributed by atoms with Crippen LogP contribution in [-0.4, -0.2) is 53.1 Å². The molecule has 0 bridgehead atoms. The third-order valence-corrected chi connectivity index (χ3v) is 3.80. The van der Waals surface area contributed by atoms with Gasteiger partial charge in [-0.3, -0.25) is 0 Å². The lowest BCUT2D eigenvalue weighted by Gasteiger charge is -2.37. The molecule has 0 radical (unpaired) electrons. The van der Waals surface area contributed by atoms with Crippen molar-refractivity contribution in [3.8, 4) is 0 Å². The molecule has 1 aromatic rings. The van der Waals surface area contributed by atoms with Crippen LogP contribution in [0.5, 0.6) is 0 Å². The van der Waals surface area contributed by atoms with Crippen molar-refractivity contribution >= 4 is 29.1 Å². The number of nitrogens with one attached hydrogen (secondary N) is 1. The first-order valence-corrected chi connectivity index (χ1v) is 6.62. The number of hydrogen-bond donors (Lipinski definition) is 2. The maximum Gasteiger partial charge on any atom is 0.317 e. The Labute approximate surface area is 116 Å². The van der Waals surface area contributed by atoms with E-state index in [9.17, 15) is 4.79 Å². The van der Waals surface area contributed by atoms with Gasteiger partial charge in [0.2, 0.25) is 0 Å². The maximum absolute atomic E-state index is 11.6. The molecule has 3 heterocycles. The third kappa shape index (κ3) is 2.10. The number of amides is 2. The van der Waals surface area contributed by atoms with Crippen LogP contribution in [-0.2, 0) is 0 Å². The van der Waals surface area contributed by atoms with E-state index in [0.717, 1.165) is 24.5 Å². The molecule has 1 aromatic heterocycles. The lowest BCUT2D eigenvalue weighted by molar-refractivity contribution is 0.197. The zero-order valence-electron chi connectivity index (χ0n) is 10.4. The molecule has 0 aromatic carbocycles. The summed E-state index contributed by atoms with van der Waals surface area (Å²) in [6, 6.07) is 3.94. The molecule has 2 saturated heterocycles. The Morgan fingerprint density at radius 3 is 3.16 bits per heavy atom. The lowest BCUT2D eigenvalue weighted by Crippen LogP contribution is -2.52. The van der Waals surface area contributed by atoms with Crippen molar-refractivity contribution in [2.45, 2.75) is 6.04 Å². The van der Waals surface area contributed by atoms with Gasteiger partial charge in [-0.1, -0.05) is 12.2 Å². The van der Waals surface area contributed by atoms with Crippen LogP contribution in [0.3, 0.4) is 0 Å². The minimum atomic E-state index is 0.0280. The van der Waals surface area contributed by atoms with Crippen LogP contribution in [0.1, 0.15) is 5.56 Å². The Morgan fingerprint density at radius 1 is 1.53 bits per heavy atom. The molecule has 3 N–H and O–H groups in total. The maximum atomic E-state index is 11.6. The Bertz CT molecular complexity index is 535. The first-order valence-electron chi connectivity index (χ1n) is 6.21. The number of pyridine rings is 1. The van der Waals surface area contributed by atoms with Crippen LogP contribution in [0, 0.1) is 0 Å². The molecular weight excluding hydrogens is 262 g/mol. The Hall–Kier alpha value is -1.89. The van der Waals surface area contributed by atoms with Gasteiger partial charge in [0.05, 0.1) is 11.6 Å². The molecule has 2 fully saturated rings. The molecule has 1 unspecified atom stereocenters. The topological polar surface area (TPSA) is 74.5 Å². The van der Waals surface area contributed by atoms with E-state index >= 15 is 0 Å². The van der Waals surface area contributed by atoms with Gasteiger partial charge >= 0.3 is 6.03 Å². The van der Waals surface area contributed by atoms with Crippen LogP contribution < -0.4 is 16.0 Å². The molecular formula is C12H15N5OS. The molecule has 0 spiro atoms. The van der Waals surface area contributed by atoms with Gasteiger partial charge in [-0.05, 0) is 12.1 Å². The van der Waals surface area contributed by atoms with Gasteiger partial charge in [-0.2, -0.15) is 0 Å². The molecule has 6 nitrogen and oxygen atoms in total. The number of carbonyl (C=O) groups excluding carboxylic acids is 1. The number of hydrogen-bond acceptors (Lipinski definition) is 4. The highest BCUT2D eigenvalue weighted by molar-refractivity contribution is 7.80. The van der Waals surface area contributed by atoms with Crippen molar-refractivity contribution < 1.29 is 4.79 Å². The summed E-state index contributed by atoms with van der Waals surface area (Å²) in [6.45, 7) is 2.89. The van der Waals surface area contributed by atoms with Crippen molar-refractivity contribution in [3.63, 3.8) is 0 Å². The molecule has 2 aliphatic heterocycles. The van der Waals surface area contributed by atoms with Gasteiger partial charge in [-0.15, -0.1) is 0 Å². The number of aromatic nitrogens is 1. The second-order valence-electron chi connectivity index (χ2n) is 4.72. The zero-order valence-corrected chi connectivity index (χ0v) is 11.2. The van der Waals surface area contributed by atoms with Crippen LogP contribution >= 0.6 is 12.2 Å². The van der Waals surface area contributed by atoms with Gasteiger partial charge in [0, 0.05) is 32.4 Å². The van der Waals surface area contributed by atoms with E-state index in [4.69, 9.17) is 18.0 Å². The SMILES string of the molecule is NC(=S)c1cccnc1N1CCN2C(=O)NCC2C1. The third-order valence-electron chi connectivity index (χ3n) is 3.58. The number of rotatable bonds is 2. The minimum absolute atomic E-state index is 0.0280. The van der Waals surface area contributed by atoms with Gasteiger partial charge in [0.15, 0.2) is 0 Å². The van der Waals surface area contributed by atoms with E-state index in [1.54, 1.807) is 6.20 Å². The highest BCUT2D eigenvalue weighted by atomic mass is 32.1. The lowest BCUT2D eigenvalue weighted by atomic mass is 10.1. The van der Waals surface area contributed by atoms with E-state index < -0.39 is 0 Å². The second-order valence-corrected chi connectivity index (χ2v) is 5.16. The molecule has 2 aliphatic rings. The summed E-state index contributed by atoms with van der Waals surface area (Å²) in [5.41, 5.74) is 6.53. The standard InChI is InChI=1S/C12H15N5OS/c13-10(19)9-2-1-3-14-11(9)16-4-5-17-8(7-16)6-15-12(17)18/h1-3,8H,4-7H2,(H2,13,19)(H,15,18). The predicted molar refractivity (Wildman–Crippen MR) is 76.2 cm³/mol. The summed E-state index contributed by atoms with van der Waals surface area (Å²) in [4.78, 5) is 20.3. The summed E-state index contributed by atoms with van der Waals surface area (Å²) in [6.07, 6.45) is 1.74. The number of piperazine rings is 1. The number of anilines is 1. The number of nitrogens with two attached hydrogens (primary N) is 1. The van der Waals surface area contributed by atoms with Crippen LogP contribution in [0.15, 0.2) is 18.3 Å². The van der Waals surface area contributed by atoms with E-state index in [0.29, 0.717) is 18.1 Å². The quantitative estimate of drug-likeness (QED) is 0.740. The van der Waals surface area contributed by atoms with E-state index in [1.165, 1.54) is 0 Å². The molecule has 3 rings (SSSR count). The monoisotopic (exact) mass is 277 g/mol. The first-order chi connectivity index (χ1) is 9.16. The minimum Gasteiger partial charge on any atom is -0.389 e. The number of thiocarbonyl (C=S) groups is 1. The van der Waals surface area contributed by atoms with E-state index in [1.807, 2.05) is 17.0 Å². The van der Waals surface area contributed by atoms with Gasteiger partial charge in [0.25, 0.3) is 0 Å². The van der Waals surface area contributed by atoms with Gasteiger partial charge < -0.3 is 20.9 Å². The zero-order chi connectivity index (χ0) is 13.4. The van der Waals surface area contributed by atoms with Crippen molar-refractivity contribution in [1.82, 2.24) is 15.2 Å². The number of urea groups is 1. The molecule has 100 valence electrons. The van der Waals surface area contributed by atoms with Crippen LogP contribution in [0.2, 0.25) is 0 Å². The van der Waals surface area contributed by atoms with Crippen LogP contribution in [0.25, 0.3) is 0 Å². The fourth-order valence-corrected chi connectivity index (χ4v) is 2.80. The Balaban J connectivity index is 1.85. The summed E-state index contributed by atoms with van der Waals surface area (Å²) in [5, 5.41) is 2.86. The average Bonchev–Trinajstić information content (AvgIpc) is 2.80. The largest absolute Gasteiger partial charge is 0.389 e. The molecule has 0 aliphatic carbocycles. The van der Waals surface area contributed by atoms with Gasteiger partial charge in [0.1, 0.15) is 10.8 Å². The normalized spacial score (nSPS) is 22.1.